The lowest BCUT2D eigenvalue weighted by atomic mass is 10.0. The summed E-state index contributed by atoms with van der Waals surface area (Å²) < 4.78 is 10.8. The van der Waals surface area contributed by atoms with Crippen molar-refractivity contribution in [2.45, 2.75) is 30.4 Å². The van der Waals surface area contributed by atoms with Gasteiger partial charge in [0.25, 0.3) is 5.91 Å². The summed E-state index contributed by atoms with van der Waals surface area (Å²) in [6.07, 6.45) is 0.559. The largest absolute Gasteiger partial charge is 0.484 e. The quantitative estimate of drug-likeness (QED) is 0.138. The number of ether oxygens (including phenoxy) is 2. The number of amides is 2. The Morgan fingerprint density at radius 3 is 2.33 bits per heavy atom. The number of thiophene rings is 1. The monoisotopic (exact) mass is 574 g/mol. The minimum absolute atomic E-state index is 0.115. The molecule has 40 heavy (non-hydrogen) atoms. The van der Waals surface area contributed by atoms with Gasteiger partial charge in [0.2, 0.25) is 5.91 Å². The van der Waals surface area contributed by atoms with E-state index in [2.05, 4.69) is 10.6 Å². The second kappa shape index (κ2) is 14.3. The molecular formula is C31H30N2O5S2. The van der Waals surface area contributed by atoms with Gasteiger partial charge in [0.1, 0.15) is 16.3 Å². The molecule has 0 spiro atoms. The Bertz CT molecular complexity index is 1440. The van der Waals surface area contributed by atoms with Gasteiger partial charge in [-0.3, -0.25) is 9.59 Å². The van der Waals surface area contributed by atoms with E-state index in [1.807, 2.05) is 79.0 Å². The van der Waals surface area contributed by atoms with Crippen LogP contribution in [0, 0.1) is 0 Å². The van der Waals surface area contributed by atoms with Crippen LogP contribution in [0.1, 0.15) is 30.6 Å². The molecule has 9 heteroatoms. The lowest BCUT2D eigenvalue weighted by Crippen LogP contribution is -2.25. The number of hydrogen-bond donors (Lipinski definition) is 2. The number of thioether (sulfide) groups is 1. The average molecular weight is 575 g/mol. The number of hydrogen-bond acceptors (Lipinski definition) is 7. The van der Waals surface area contributed by atoms with E-state index in [0.29, 0.717) is 28.4 Å². The molecule has 1 atom stereocenters. The molecule has 0 saturated carbocycles. The van der Waals surface area contributed by atoms with Crippen LogP contribution in [0.2, 0.25) is 0 Å². The summed E-state index contributed by atoms with van der Waals surface area (Å²) in [5.74, 6) is -0.357. The molecule has 2 N–H and O–H groups in total. The zero-order chi connectivity index (χ0) is 28.3. The maximum atomic E-state index is 13.3. The first-order valence-corrected chi connectivity index (χ1v) is 14.6. The van der Waals surface area contributed by atoms with Crippen LogP contribution >= 0.6 is 23.1 Å². The highest BCUT2D eigenvalue weighted by atomic mass is 32.2. The van der Waals surface area contributed by atoms with Gasteiger partial charge >= 0.3 is 5.97 Å². The smallest absolute Gasteiger partial charge is 0.341 e. The molecule has 1 unspecified atom stereocenters. The topological polar surface area (TPSA) is 93.7 Å². The van der Waals surface area contributed by atoms with Gasteiger partial charge in [-0.25, -0.2) is 4.79 Å². The van der Waals surface area contributed by atoms with Gasteiger partial charge in [-0.2, -0.15) is 0 Å². The van der Waals surface area contributed by atoms with E-state index in [4.69, 9.17) is 9.47 Å². The summed E-state index contributed by atoms with van der Waals surface area (Å²) >= 11 is 2.69. The van der Waals surface area contributed by atoms with Crippen molar-refractivity contribution in [1.29, 1.82) is 0 Å². The minimum atomic E-state index is -0.474. The summed E-state index contributed by atoms with van der Waals surface area (Å²) in [6.45, 7) is 3.80. The predicted molar refractivity (Wildman–Crippen MR) is 161 cm³/mol. The van der Waals surface area contributed by atoms with Crippen LogP contribution in [0.4, 0.5) is 10.7 Å². The summed E-state index contributed by atoms with van der Waals surface area (Å²) in [6, 6.07) is 26.0. The fraction of sp³-hybridized carbons (Fsp3) is 0.194. The summed E-state index contributed by atoms with van der Waals surface area (Å²) in [5.41, 5.74) is 2.56. The molecule has 0 saturated heterocycles. The normalized spacial score (nSPS) is 11.3. The number of rotatable bonds is 12. The number of para-hydroxylation sites is 1. The van der Waals surface area contributed by atoms with Crippen molar-refractivity contribution in [2.24, 2.45) is 0 Å². The summed E-state index contributed by atoms with van der Waals surface area (Å²) in [4.78, 5) is 39.4. The van der Waals surface area contributed by atoms with E-state index in [0.717, 1.165) is 16.0 Å². The molecule has 4 aromatic rings. The van der Waals surface area contributed by atoms with Crippen molar-refractivity contribution in [3.8, 4) is 16.9 Å². The molecular weight excluding hydrogens is 544 g/mol. The molecule has 0 aliphatic heterocycles. The van der Waals surface area contributed by atoms with Gasteiger partial charge in [0.05, 0.1) is 11.9 Å². The Balaban J connectivity index is 1.43. The lowest BCUT2D eigenvalue weighted by Gasteiger charge is -2.16. The zero-order valence-corrected chi connectivity index (χ0v) is 23.8. The van der Waals surface area contributed by atoms with Gasteiger partial charge in [-0.1, -0.05) is 61.5 Å². The SMILES string of the molecule is CCOC(=O)c1c(-c2ccccc2)csc1NC(=O)C(CC)Sc1cccc(NC(=O)COc2ccccc2)c1. The van der Waals surface area contributed by atoms with Crippen LogP contribution in [-0.4, -0.2) is 36.2 Å². The Labute approximate surface area is 241 Å². The van der Waals surface area contributed by atoms with Crippen molar-refractivity contribution in [3.63, 3.8) is 0 Å². The highest BCUT2D eigenvalue weighted by Crippen LogP contribution is 2.37. The molecule has 206 valence electrons. The number of anilines is 2. The average Bonchev–Trinajstić information content (AvgIpc) is 3.39. The van der Waals surface area contributed by atoms with Crippen LogP contribution < -0.4 is 15.4 Å². The standard InChI is InChI=1S/C31H30N2O5S2/c1-3-26(40-24-17-11-14-22(18-24)32-27(34)19-38-23-15-9-6-10-16-23)29(35)33-30-28(31(36)37-4-2)25(20-39-30)21-12-7-5-8-13-21/h5-18,20,26H,3-4,19H2,1-2H3,(H,32,34)(H,33,35). The first-order valence-electron chi connectivity index (χ1n) is 12.9. The molecule has 0 radical (unpaired) electrons. The van der Waals surface area contributed by atoms with E-state index in [9.17, 15) is 14.4 Å². The molecule has 7 nitrogen and oxygen atoms in total. The first kappa shape index (κ1) is 28.9. The van der Waals surface area contributed by atoms with Crippen LogP contribution in [0.5, 0.6) is 5.75 Å². The Morgan fingerprint density at radius 1 is 0.900 bits per heavy atom. The van der Waals surface area contributed by atoms with Crippen LogP contribution in [0.25, 0.3) is 11.1 Å². The van der Waals surface area contributed by atoms with Crippen LogP contribution in [0.15, 0.2) is 95.2 Å². The number of carbonyl (C=O) groups excluding carboxylic acids is 3. The Hall–Kier alpha value is -4.08. The predicted octanol–water partition coefficient (Wildman–Crippen LogP) is 7.12. The number of esters is 1. The second-order valence-corrected chi connectivity index (χ2v) is 10.8. The number of benzene rings is 3. The maximum Gasteiger partial charge on any atom is 0.341 e. The third-order valence-corrected chi connectivity index (χ3v) is 8.02. The maximum absolute atomic E-state index is 13.3. The van der Waals surface area contributed by atoms with E-state index in [1.54, 1.807) is 25.1 Å². The van der Waals surface area contributed by atoms with E-state index in [-0.39, 0.29) is 25.0 Å². The van der Waals surface area contributed by atoms with Crippen molar-refractivity contribution < 1.29 is 23.9 Å². The third-order valence-electron chi connectivity index (χ3n) is 5.76. The summed E-state index contributed by atoms with van der Waals surface area (Å²) in [5, 5.41) is 7.69. The molecule has 0 aliphatic carbocycles. The molecule has 1 aromatic heterocycles. The van der Waals surface area contributed by atoms with Crippen molar-refractivity contribution in [3.05, 3.63) is 95.9 Å². The first-order chi connectivity index (χ1) is 19.5. The van der Waals surface area contributed by atoms with Gasteiger partial charge in [-0.15, -0.1) is 23.1 Å². The molecule has 0 fully saturated rings. The van der Waals surface area contributed by atoms with E-state index in [1.165, 1.54) is 23.1 Å². The highest BCUT2D eigenvalue weighted by Gasteiger charge is 2.25. The number of nitrogens with one attached hydrogen (secondary N) is 2. The van der Waals surface area contributed by atoms with Crippen molar-refractivity contribution in [1.82, 2.24) is 0 Å². The van der Waals surface area contributed by atoms with Gasteiger partial charge in [0.15, 0.2) is 6.61 Å². The Morgan fingerprint density at radius 2 is 1.62 bits per heavy atom. The highest BCUT2D eigenvalue weighted by molar-refractivity contribution is 8.00. The minimum Gasteiger partial charge on any atom is -0.484 e. The van der Waals surface area contributed by atoms with Gasteiger partial charge in [0, 0.05) is 21.5 Å². The van der Waals surface area contributed by atoms with Crippen LogP contribution in [-0.2, 0) is 14.3 Å². The number of carbonyl (C=O) groups is 3. The summed E-state index contributed by atoms with van der Waals surface area (Å²) in [7, 11) is 0. The molecule has 0 bridgehead atoms. The lowest BCUT2D eigenvalue weighted by molar-refractivity contribution is -0.118. The van der Waals surface area contributed by atoms with E-state index >= 15 is 0 Å². The molecule has 1 heterocycles. The molecule has 2 amide bonds. The second-order valence-electron chi connectivity index (χ2n) is 8.62. The molecule has 4 rings (SSSR count). The molecule has 3 aromatic carbocycles. The Kier molecular flexibility index (Phi) is 10.4. The van der Waals surface area contributed by atoms with Crippen molar-refractivity contribution in [2.75, 3.05) is 23.8 Å². The zero-order valence-electron chi connectivity index (χ0n) is 22.2. The van der Waals surface area contributed by atoms with E-state index < -0.39 is 11.2 Å². The van der Waals surface area contributed by atoms with Crippen LogP contribution in [0.3, 0.4) is 0 Å². The fourth-order valence-corrected chi connectivity index (χ4v) is 5.85. The molecule has 0 aliphatic rings. The van der Waals surface area contributed by atoms with Crippen molar-refractivity contribution >= 4 is 51.6 Å². The van der Waals surface area contributed by atoms with Gasteiger partial charge < -0.3 is 20.1 Å². The third kappa shape index (κ3) is 7.74. The fourth-order valence-electron chi connectivity index (χ4n) is 3.87. The van der Waals surface area contributed by atoms with Gasteiger partial charge in [-0.05, 0) is 49.2 Å².